The first kappa shape index (κ1) is 17.0. The fraction of sp³-hybridized carbons (Fsp3) is 0.579. The van der Waals surface area contributed by atoms with E-state index in [1.54, 1.807) is 0 Å². The Labute approximate surface area is 142 Å². The highest BCUT2D eigenvalue weighted by Crippen LogP contribution is 2.43. The Morgan fingerprint density at radius 3 is 2.46 bits per heavy atom. The molecule has 1 saturated carbocycles. The van der Waals surface area contributed by atoms with Gasteiger partial charge in [0.25, 0.3) is 0 Å². The Balaban J connectivity index is 1.49. The van der Waals surface area contributed by atoms with E-state index in [2.05, 4.69) is 29.6 Å². The zero-order valence-corrected chi connectivity index (χ0v) is 13.9. The number of amides is 1. The van der Waals surface area contributed by atoms with Crippen LogP contribution >= 0.6 is 0 Å². The third-order valence-electron chi connectivity index (χ3n) is 5.32. The maximum absolute atomic E-state index is 12.4. The first-order valence-electron chi connectivity index (χ1n) is 8.72. The molecule has 2 aliphatic rings. The number of hydrogen-bond acceptors (Lipinski definition) is 3. The van der Waals surface area contributed by atoms with E-state index >= 15 is 0 Å². The highest BCUT2D eigenvalue weighted by Gasteiger charge is 2.38. The fourth-order valence-corrected chi connectivity index (χ4v) is 3.91. The van der Waals surface area contributed by atoms with Crippen molar-refractivity contribution in [2.24, 2.45) is 5.92 Å². The molecule has 0 bridgehead atoms. The van der Waals surface area contributed by atoms with Crippen LogP contribution in [0.1, 0.15) is 50.0 Å². The molecule has 1 aromatic carbocycles. The highest BCUT2D eigenvalue weighted by atomic mass is 16.5. The zero-order chi connectivity index (χ0) is 17.0. The van der Waals surface area contributed by atoms with Gasteiger partial charge in [-0.1, -0.05) is 30.3 Å². The van der Waals surface area contributed by atoms with Gasteiger partial charge in [-0.25, -0.2) is 0 Å². The second kappa shape index (κ2) is 7.34. The van der Waals surface area contributed by atoms with Crippen molar-refractivity contribution < 1.29 is 19.4 Å². The van der Waals surface area contributed by atoms with Crippen LogP contribution in [0.25, 0.3) is 0 Å². The summed E-state index contributed by atoms with van der Waals surface area (Å²) in [6.07, 6.45) is 3.68. The first-order chi connectivity index (χ1) is 11.6. The van der Waals surface area contributed by atoms with E-state index in [4.69, 9.17) is 9.84 Å². The van der Waals surface area contributed by atoms with Gasteiger partial charge in [0.05, 0.1) is 12.0 Å². The van der Waals surface area contributed by atoms with Crippen LogP contribution < -0.4 is 5.32 Å². The van der Waals surface area contributed by atoms with E-state index in [0.29, 0.717) is 44.3 Å². The molecular weight excluding hydrogens is 306 g/mol. The molecule has 1 saturated heterocycles. The van der Waals surface area contributed by atoms with Crippen LogP contribution in [0, 0.1) is 5.92 Å². The van der Waals surface area contributed by atoms with Crippen molar-refractivity contribution in [3.8, 4) is 0 Å². The smallest absolute Gasteiger partial charge is 0.305 e. The summed E-state index contributed by atoms with van der Waals surface area (Å²) in [5.41, 5.74) is 0.713. The van der Waals surface area contributed by atoms with Gasteiger partial charge in [0.1, 0.15) is 0 Å². The van der Waals surface area contributed by atoms with E-state index in [0.717, 1.165) is 12.8 Å². The van der Waals surface area contributed by atoms with Crippen LogP contribution in [0.4, 0.5) is 0 Å². The molecule has 3 rings (SSSR count). The van der Waals surface area contributed by atoms with Crippen molar-refractivity contribution in [1.82, 2.24) is 5.32 Å². The number of carbonyl (C=O) groups excluding carboxylic acids is 1. The minimum absolute atomic E-state index is 0.0188. The molecule has 1 amide bonds. The second-order valence-electron chi connectivity index (χ2n) is 7.16. The molecule has 2 fully saturated rings. The van der Waals surface area contributed by atoms with Gasteiger partial charge in [0.2, 0.25) is 5.91 Å². The molecule has 0 atom stereocenters. The topological polar surface area (TPSA) is 75.6 Å². The normalized spacial score (nSPS) is 25.5. The SMILES string of the molecule is O=C(O)CC1(NC(=O)CC2CC(c3ccccc3)C2)CCOCC1. The predicted molar refractivity (Wildman–Crippen MR) is 89.7 cm³/mol. The molecule has 0 unspecified atom stereocenters. The summed E-state index contributed by atoms with van der Waals surface area (Å²) < 4.78 is 5.32. The maximum atomic E-state index is 12.4. The van der Waals surface area contributed by atoms with Crippen LogP contribution in [0.15, 0.2) is 30.3 Å². The monoisotopic (exact) mass is 331 g/mol. The summed E-state index contributed by atoms with van der Waals surface area (Å²) in [4.78, 5) is 23.6. The van der Waals surface area contributed by atoms with E-state index < -0.39 is 11.5 Å². The first-order valence-corrected chi connectivity index (χ1v) is 8.72. The number of rotatable bonds is 6. The summed E-state index contributed by atoms with van der Waals surface area (Å²) >= 11 is 0. The summed E-state index contributed by atoms with van der Waals surface area (Å²) in [5, 5.41) is 12.2. The van der Waals surface area contributed by atoms with Gasteiger partial charge in [-0.3, -0.25) is 9.59 Å². The summed E-state index contributed by atoms with van der Waals surface area (Å²) in [5.74, 6) is 0.0663. The Morgan fingerprint density at radius 2 is 1.83 bits per heavy atom. The van der Waals surface area contributed by atoms with Gasteiger partial charge in [0.15, 0.2) is 0 Å². The third-order valence-corrected chi connectivity index (χ3v) is 5.32. The minimum Gasteiger partial charge on any atom is -0.481 e. The second-order valence-corrected chi connectivity index (χ2v) is 7.16. The molecule has 5 nitrogen and oxygen atoms in total. The number of carboxylic acid groups (broad SMARTS) is 1. The average molecular weight is 331 g/mol. The lowest BCUT2D eigenvalue weighted by Gasteiger charge is -2.39. The number of aliphatic carboxylic acids is 1. The summed E-state index contributed by atoms with van der Waals surface area (Å²) in [6, 6.07) is 10.4. The lowest BCUT2D eigenvalue weighted by molar-refractivity contribution is -0.140. The van der Waals surface area contributed by atoms with Crippen LogP contribution in [-0.4, -0.2) is 35.7 Å². The van der Waals surface area contributed by atoms with Gasteiger partial charge in [-0.05, 0) is 43.1 Å². The fourth-order valence-electron chi connectivity index (χ4n) is 3.91. The molecule has 5 heteroatoms. The summed E-state index contributed by atoms with van der Waals surface area (Å²) in [7, 11) is 0. The Hall–Kier alpha value is -1.88. The molecule has 1 aliphatic heterocycles. The summed E-state index contributed by atoms with van der Waals surface area (Å²) in [6.45, 7) is 1.01. The minimum atomic E-state index is -0.870. The molecule has 0 aromatic heterocycles. The zero-order valence-electron chi connectivity index (χ0n) is 13.9. The molecule has 1 aromatic rings. The standard InChI is InChI=1S/C19H25NO4/c21-17(20-19(13-18(22)23)6-8-24-9-7-19)12-14-10-16(11-14)15-4-2-1-3-5-15/h1-5,14,16H,6-13H2,(H,20,21)(H,22,23). The van der Waals surface area contributed by atoms with Crippen molar-refractivity contribution in [1.29, 1.82) is 0 Å². The molecule has 130 valence electrons. The van der Waals surface area contributed by atoms with Crippen LogP contribution in [-0.2, 0) is 14.3 Å². The Bertz CT molecular complexity index is 574. The van der Waals surface area contributed by atoms with E-state index in [9.17, 15) is 9.59 Å². The number of nitrogens with one attached hydrogen (secondary N) is 1. The predicted octanol–water partition coefficient (Wildman–Crippen LogP) is 2.71. The average Bonchev–Trinajstić information content (AvgIpc) is 2.51. The van der Waals surface area contributed by atoms with Gasteiger partial charge in [-0.15, -0.1) is 0 Å². The third kappa shape index (κ3) is 4.15. The number of hydrogen-bond donors (Lipinski definition) is 2. The van der Waals surface area contributed by atoms with E-state index in [1.807, 2.05) is 6.07 Å². The molecule has 0 spiro atoms. The quantitative estimate of drug-likeness (QED) is 0.840. The van der Waals surface area contributed by atoms with Crippen LogP contribution in [0.3, 0.4) is 0 Å². The van der Waals surface area contributed by atoms with Crippen molar-refractivity contribution in [3.63, 3.8) is 0 Å². The molecule has 24 heavy (non-hydrogen) atoms. The number of carbonyl (C=O) groups is 2. The Kier molecular flexibility index (Phi) is 5.19. The lowest BCUT2D eigenvalue weighted by atomic mass is 9.70. The van der Waals surface area contributed by atoms with Crippen LogP contribution in [0.2, 0.25) is 0 Å². The van der Waals surface area contributed by atoms with Crippen molar-refractivity contribution in [2.75, 3.05) is 13.2 Å². The molecular formula is C19H25NO4. The molecule has 0 radical (unpaired) electrons. The van der Waals surface area contributed by atoms with Gasteiger partial charge >= 0.3 is 5.97 Å². The number of benzene rings is 1. The van der Waals surface area contributed by atoms with Gasteiger partial charge < -0.3 is 15.2 Å². The molecule has 1 heterocycles. The van der Waals surface area contributed by atoms with Crippen molar-refractivity contribution in [2.45, 2.75) is 50.0 Å². The van der Waals surface area contributed by atoms with Crippen LogP contribution in [0.5, 0.6) is 0 Å². The van der Waals surface area contributed by atoms with Crippen molar-refractivity contribution in [3.05, 3.63) is 35.9 Å². The van der Waals surface area contributed by atoms with E-state index in [-0.39, 0.29) is 12.3 Å². The van der Waals surface area contributed by atoms with Crippen molar-refractivity contribution >= 4 is 11.9 Å². The van der Waals surface area contributed by atoms with Gasteiger partial charge in [-0.2, -0.15) is 0 Å². The number of ether oxygens (including phenoxy) is 1. The van der Waals surface area contributed by atoms with E-state index in [1.165, 1.54) is 5.56 Å². The lowest BCUT2D eigenvalue weighted by Crippen LogP contribution is -2.53. The largest absolute Gasteiger partial charge is 0.481 e. The Morgan fingerprint density at radius 1 is 1.17 bits per heavy atom. The highest BCUT2D eigenvalue weighted by molar-refractivity contribution is 5.78. The maximum Gasteiger partial charge on any atom is 0.305 e. The number of carboxylic acids is 1. The molecule has 2 N–H and O–H groups in total. The van der Waals surface area contributed by atoms with Gasteiger partial charge in [0, 0.05) is 19.6 Å². The molecule has 1 aliphatic carbocycles.